The number of fused-ring (bicyclic) bond motifs is 2. The average Bonchev–Trinajstić information content (AvgIpc) is 3.52. The fourth-order valence-corrected chi connectivity index (χ4v) is 5.18. The van der Waals surface area contributed by atoms with Crippen LogP contribution in [0.1, 0.15) is 24.1 Å². The average molecular weight is 528 g/mol. The van der Waals surface area contributed by atoms with Crippen LogP contribution in [0.25, 0.3) is 50.4 Å². The van der Waals surface area contributed by atoms with Gasteiger partial charge in [0.2, 0.25) is 11.7 Å². The molecule has 7 rings (SSSR count). The van der Waals surface area contributed by atoms with Gasteiger partial charge in [0, 0.05) is 42.1 Å². The molecule has 2 aromatic carbocycles. The smallest absolute Gasteiger partial charge is 0.253 e. The minimum atomic E-state index is 0.435. The summed E-state index contributed by atoms with van der Waals surface area (Å²) >= 11 is 0. The molecule has 1 aliphatic heterocycles. The number of allylic oxidation sites excluding steroid dienone is 1. The van der Waals surface area contributed by atoms with Crippen molar-refractivity contribution < 1.29 is 9.26 Å². The number of nitrogens with zero attached hydrogens (tertiary/aromatic N) is 6. The Bertz CT molecular complexity index is 1940. The maximum absolute atomic E-state index is 6.11. The van der Waals surface area contributed by atoms with Crippen molar-refractivity contribution in [3.8, 4) is 45.4 Å². The zero-order valence-corrected chi connectivity index (χ0v) is 22.3. The number of aromatic nitrogens is 6. The molecule has 0 radical (unpaired) electrons. The predicted molar refractivity (Wildman–Crippen MR) is 154 cm³/mol. The molecule has 0 aliphatic carbocycles. The molecule has 5 heterocycles. The molecule has 0 saturated carbocycles. The number of hydrogen-bond acceptors (Lipinski definition) is 8. The molecule has 4 aromatic heterocycles. The van der Waals surface area contributed by atoms with Crippen LogP contribution in [0.3, 0.4) is 0 Å². The van der Waals surface area contributed by atoms with Crippen LogP contribution in [-0.4, -0.2) is 29.7 Å². The summed E-state index contributed by atoms with van der Waals surface area (Å²) in [5.74, 6) is 3.05. The molecule has 196 valence electrons. The molecule has 0 amide bonds. The van der Waals surface area contributed by atoms with E-state index in [-0.39, 0.29) is 0 Å². The van der Waals surface area contributed by atoms with Crippen LogP contribution >= 0.6 is 0 Å². The van der Waals surface area contributed by atoms with Gasteiger partial charge in [-0.3, -0.25) is 0 Å². The number of hydrogen-bond donors (Lipinski definition) is 1. The maximum Gasteiger partial charge on any atom is 0.253 e. The Morgan fingerprint density at radius 1 is 1.02 bits per heavy atom. The quantitative estimate of drug-likeness (QED) is 0.261. The molecule has 0 saturated heterocycles. The number of anilines is 1. The van der Waals surface area contributed by atoms with Crippen molar-refractivity contribution in [2.75, 3.05) is 5.32 Å². The van der Waals surface area contributed by atoms with E-state index < -0.39 is 0 Å². The molecule has 0 fully saturated rings. The summed E-state index contributed by atoms with van der Waals surface area (Å²) in [6.07, 6.45) is 1.60. The molecule has 0 spiro atoms. The fraction of sp³-hybridized carbons (Fsp3) is 0.129. The van der Waals surface area contributed by atoms with Crippen LogP contribution in [0.2, 0.25) is 0 Å². The molecule has 40 heavy (non-hydrogen) atoms. The summed E-state index contributed by atoms with van der Waals surface area (Å²) in [5.41, 5.74) is 8.68. The standard InChI is InChI=1S/C31H25N7O2/c1-17(2)31-36-28(37-40-31)20-10-8-19(9-11-20)27-25-23-13-12-22(39-24-7-5-6-18(3)35-24)14-21(23)15-32-29-26(25)30(38(27)4)34-16-33-29/h5-14,16H,1,15H2,2-4H3,(H,32,33,34). The third-order valence-corrected chi connectivity index (χ3v) is 7.05. The maximum atomic E-state index is 6.11. The van der Waals surface area contributed by atoms with Gasteiger partial charge in [0.15, 0.2) is 0 Å². The molecule has 9 nitrogen and oxygen atoms in total. The van der Waals surface area contributed by atoms with E-state index in [0.717, 1.165) is 67.4 Å². The third-order valence-electron chi connectivity index (χ3n) is 7.05. The van der Waals surface area contributed by atoms with Crippen molar-refractivity contribution >= 4 is 22.4 Å². The minimum Gasteiger partial charge on any atom is -0.439 e. The zero-order valence-electron chi connectivity index (χ0n) is 22.3. The fourth-order valence-electron chi connectivity index (χ4n) is 5.18. The summed E-state index contributed by atoms with van der Waals surface area (Å²) in [7, 11) is 2.03. The van der Waals surface area contributed by atoms with E-state index in [1.807, 2.05) is 57.3 Å². The van der Waals surface area contributed by atoms with Crippen molar-refractivity contribution in [2.45, 2.75) is 20.4 Å². The molecule has 1 N–H and O–H groups in total. The van der Waals surface area contributed by atoms with Gasteiger partial charge in [-0.05, 0) is 48.7 Å². The lowest BCUT2D eigenvalue weighted by atomic mass is 9.95. The van der Waals surface area contributed by atoms with Crippen LogP contribution in [0.5, 0.6) is 11.6 Å². The predicted octanol–water partition coefficient (Wildman–Crippen LogP) is 6.81. The highest BCUT2D eigenvalue weighted by molar-refractivity contribution is 6.09. The highest BCUT2D eigenvalue weighted by Crippen LogP contribution is 2.46. The number of rotatable bonds is 5. The third kappa shape index (κ3) is 3.90. The van der Waals surface area contributed by atoms with E-state index >= 15 is 0 Å². The SMILES string of the molecule is C=C(C)c1nc(-c2ccc(-c3c4c5c(ncnc5n3C)NCc3cc(Oc5cccc(C)n5)ccc3-4)cc2)no1. The van der Waals surface area contributed by atoms with Gasteiger partial charge in [-0.25, -0.2) is 15.0 Å². The summed E-state index contributed by atoms with van der Waals surface area (Å²) in [6, 6.07) is 20.0. The van der Waals surface area contributed by atoms with E-state index in [2.05, 4.69) is 65.8 Å². The van der Waals surface area contributed by atoms with Gasteiger partial charge in [-0.15, -0.1) is 0 Å². The Morgan fingerprint density at radius 2 is 1.85 bits per heavy atom. The van der Waals surface area contributed by atoms with E-state index in [1.54, 1.807) is 6.33 Å². The normalized spacial score (nSPS) is 12.1. The van der Waals surface area contributed by atoms with Gasteiger partial charge in [0.1, 0.15) is 23.5 Å². The van der Waals surface area contributed by atoms with Crippen molar-refractivity contribution in [2.24, 2.45) is 7.05 Å². The highest BCUT2D eigenvalue weighted by atomic mass is 16.5. The Labute approximate surface area is 230 Å². The van der Waals surface area contributed by atoms with Crippen LogP contribution in [0.15, 0.2) is 78.1 Å². The van der Waals surface area contributed by atoms with E-state index in [9.17, 15) is 0 Å². The van der Waals surface area contributed by atoms with E-state index in [4.69, 9.17) is 9.26 Å². The van der Waals surface area contributed by atoms with Gasteiger partial charge in [0.25, 0.3) is 5.89 Å². The molecule has 0 unspecified atom stereocenters. The van der Waals surface area contributed by atoms with E-state index in [1.165, 1.54) is 0 Å². The lowest BCUT2D eigenvalue weighted by Crippen LogP contribution is -2.03. The molecular weight excluding hydrogens is 502 g/mol. The monoisotopic (exact) mass is 527 g/mol. The lowest BCUT2D eigenvalue weighted by molar-refractivity contribution is 0.408. The molecule has 0 atom stereocenters. The first-order chi connectivity index (χ1) is 19.5. The second-order valence-corrected chi connectivity index (χ2v) is 9.88. The number of nitrogens with one attached hydrogen (secondary N) is 1. The van der Waals surface area contributed by atoms with Gasteiger partial charge < -0.3 is 19.1 Å². The van der Waals surface area contributed by atoms with Crippen molar-refractivity contribution in [3.05, 3.63) is 90.7 Å². The van der Waals surface area contributed by atoms with Crippen LogP contribution in [0.4, 0.5) is 5.82 Å². The summed E-state index contributed by atoms with van der Waals surface area (Å²) in [4.78, 5) is 18.2. The second-order valence-electron chi connectivity index (χ2n) is 9.88. The summed E-state index contributed by atoms with van der Waals surface area (Å²) < 4.78 is 13.5. The van der Waals surface area contributed by atoms with Gasteiger partial charge in [-0.1, -0.05) is 48.1 Å². The molecule has 0 bridgehead atoms. The van der Waals surface area contributed by atoms with Crippen molar-refractivity contribution in [3.63, 3.8) is 0 Å². The Kier molecular flexibility index (Phi) is 5.45. The number of ether oxygens (including phenoxy) is 1. The minimum absolute atomic E-state index is 0.435. The van der Waals surface area contributed by atoms with Crippen molar-refractivity contribution in [1.29, 1.82) is 0 Å². The molecule has 9 heteroatoms. The first kappa shape index (κ1) is 23.8. The van der Waals surface area contributed by atoms with Gasteiger partial charge >= 0.3 is 0 Å². The first-order valence-electron chi connectivity index (χ1n) is 12.9. The summed E-state index contributed by atoms with van der Waals surface area (Å²) in [5, 5.41) is 8.60. The van der Waals surface area contributed by atoms with Crippen molar-refractivity contribution in [1.82, 2.24) is 29.7 Å². The van der Waals surface area contributed by atoms with Gasteiger partial charge in [-0.2, -0.15) is 4.98 Å². The zero-order chi connectivity index (χ0) is 27.4. The lowest BCUT2D eigenvalue weighted by Gasteiger charge is -2.14. The Balaban J connectivity index is 1.34. The first-order valence-corrected chi connectivity index (χ1v) is 12.9. The number of benzene rings is 2. The van der Waals surface area contributed by atoms with Crippen LogP contribution < -0.4 is 10.1 Å². The highest BCUT2D eigenvalue weighted by Gasteiger charge is 2.26. The number of pyridine rings is 1. The topological polar surface area (TPSA) is 104 Å². The van der Waals surface area contributed by atoms with Crippen LogP contribution in [0, 0.1) is 6.92 Å². The summed E-state index contributed by atoms with van der Waals surface area (Å²) in [6.45, 7) is 8.26. The van der Waals surface area contributed by atoms with Crippen LogP contribution in [-0.2, 0) is 13.6 Å². The Morgan fingerprint density at radius 3 is 2.62 bits per heavy atom. The largest absolute Gasteiger partial charge is 0.439 e. The van der Waals surface area contributed by atoms with E-state index in [0.29, 0.717) is 24.1 Å². The Hall–Kier alpha value is -5.31. The van der Waals surface area contributed by atoms with Gasteiger partial charge in [0.05, 0.1) is 11.1 Å². The number of aryl methyl sites for hydroxylation is 2. The molecule has 1 aliphatic rings. The molecule has 6 aromatic rings. The second kappa shape index (κ2) is 9.16. The molecular formula is C31H25N7O2.